The fourth-order valence-corrected chi connectivity index (χ4v) is 2.66. The molecule has 0 aromatic heterocycles. The predicted octanol–water partition coefficient (Wildman–Crippen LogP) is 5.62. The molecule has 1 aliphatic carbocycles. The molecule has 0 saturated heterocycles. The second-order valence-electron chi connectivity index (χ2n) is 5.24. The van der Waals surface area contributed by atoms with Gasteiger partial charge in [-0.05, 0) is 30.7 Å². The van der Waals surface area contributed by atoms with Gasteiger partial charge in [0, 0.05) is 0 Å². The van der Waals surface area contributed by atoms with Gasteiger partial charge in [0.25, 0.3) is 0 Å². The molecule has 96 valence electrons. The molecule has 0 bridgehead atoms. The summed E-state index contributed by atoms with van der Waals surface area (Å²) in [5, 5.41) is 0. The lowest BCUT2D eigenvalue weighted by molar-refractivity contribution is 0.418. The van der Waals surface area contributed by atoms with Gasteiger partial charge in [-0.15, -0.1) is 0 Å². The minimum absolute atomic E-state index is 0.828. The van der Waals surface area contributed by atoms with Gasteiger partial charge in [0.15, 0.2) is 0 Å². The summed E-state index contributed by atoms with van der Waals surface area (Å²) in [6.07, 6.45) is 15.2. The Morgan fingerprint density at radius 3 is 2.50 bits per heavy atom. The Hall–Kier alpha value is -1.30. The monoisotopic (exact) mass is 240 g/mol. The molecule has 0 aliphatic heterocycles. The van der Waals surface area contributed by atoms with Gasteiger partial charge in [0.05, 0.1) is 0 Å². The van der Waals surface area contributed by atoms with Crippen LogP contribution in [0.15, 0.2) is 48.1 Å². The van der Waals surface area contributed by atoms with Crippen molar-refractivity contribution in [3.8, 4) is 0 Å². The van der Waals surface area contributed by atoms with E-state index in [0.717, 1.165) is 12.3 Å². The van der Waals surface area contributed by atoms with Gasteiger partial charge in [0.1, 0.15) is 0 Å². The highest BCUT2D eigenvalue weighted by Gasteiger charge is 2.10. The van der Waals surface area contributed by atoms with Gasteiger partial charge in [-0.2, -0.15) is 0 Å². The summed E-state index contributed by atoms with van der Waals surface area (Å²) in [6.45, 7) is 2.25. The van der Waals surface area contributed by atoms with Crippen LogP contribution in [-0.2, 0) is 0 Å². The van der Waals surface area contributed by atoms with Crippen LogP contribution in [0, 0.1) is 5.92 Å². The lowest BCUT2D eigenvalue weighted by atomic mass is 9.87. The van der Waals surface area contributed by atoms with Crippen molar-refractivity contribution in [1.29, 1.82) is 0 Å². The quantitative estimate of drug-likeness (QED) is 0.599. The summed E-state index contributed by atoms with van der Waals surface area (Å²) < 4.78 is 0. The third-order valence-electron chi connectivity index (χ3n) is 3.80. The van der Waals surface area contributed by atoms with Crippen molar-refractivity contribution < 1.29 is 0 Å². The Bertz CT molecular complexity index is 391. The van der Waals surface area contributed by atoms with Crippen LogP contribution in [0.4, 0.5) is 0 Å². The number of hydrogen-bond acceptors (Lipinski definition) is 0. The lowest BCUT2D eigenvalue weighted by Gasteiger charge is -2.18. The van der Waals surface area contributed by atoms with Crippen molar-refractivity contribution in [2.24, 2.45) is 5.92 Å². The molecule has 0 atom stereocenters. The summed E-state index contributed by atoms with van der Waals surface area (Å²) in [7, 11) is 0. The number of benzene rings is 1. The van der Waals surface area contributed by atoms with Crippen LogP contribution in [0.3, 0.4) is 0 Å². The maximum absolute atomic E-state index is 2.51. The summed E-state index contributed by atoms with van der Waals surface area (Å²) in [5.74, 6) is 0.828. The SMILES string of the molecule is CCC(/C=C/c1ccccc1)=C\C1CCCCC1. The molecular formula is C18H24. The average Bonchev–Trinajstić information content (AvgIpc) is 2.45. The van der Waals surface area contributed by atoms with E-state index in [4.69, 9.17) is 0 Å². The first-order valence-corrected chi connectivity index (χ1v) is 7.32. The van der Waals surface area contributed by atoms with E-state index in [2.05, 4.69) is 55.5 Å². The van der Waals surface area contributed by atoms with Gasteiger partial charge in [-0.25, -0.2) is 0 Å². The largest absolute Gasteiger partial charge is 0.0782 e. The number of rotatable bonds is 4. The smallest absolute Gasteiger partial charge is 0.0228 e. The molecule has 0 heteroatoms. The Morgan fingerprint density at radius 2 is 1.83 bits per heavy atom. The Balaban J connectivity index is 2.00. The zero-order valence-electron chi connectivity index (χ0n) is 11.4. The topological polar surface area (TPSA) is 0 Å². The molecule has 1 fully saturated rings. The van der Waals surface area contributed by atoms with Crippen molar-refractivity contribution in [1.82, 2.24) is 0 Å². The molecule has 0 spiro atoms. The fraction of sp³-hybridized carbons (Fsp3) is 0.444. The molecule has 1 saturated carbocycles. The summed E-state index contributed by atoms with van der Waals surface area (Å²) in [4.78, 5) is 0. The van der Waals surface area contributed by atoms with E-state index in [1.54, 1.807) is 0 Å². The second kappa shape index (κ2) is 7.20. The van der Waals surface area contributed by atoms with E-state index in [9.17, 15) is 0 Å². The molecule has 0 unspecified atom stereocenters. The highest BCUT2D eigenvalue weighted by Crippen LogP contribution is 2.26. The maximum atomic E-state index is 2.51. The third-order valence-corrected chi connectivity index (χ3v) is 3.80. The molecule has 0 N–H and O–H groups in total. The lowest BCUT2D eigenvalue weighted by Crippen LogP contribution is -2.03. The van der Waals surface area contributed by atoms with E-state index in [1.165, 1.54) is 43.2 Å². The Morgan fingerprint density at radius 1 is 1.11 bits per heavy atom. The van der Waals surface area contributed by atoms with E-state index < -0.39 is 0 Å². The Kier molecular flexibility index (Phi) is 5.26. The zero-order valence-corrected chi connectivity index (χ0v) is 11.4. The molecule has 2 rings (SSSR count). The van der Waals surface area contributed by atoms with Crippen LogP contribution in [0.1, 0.15) is 51.0 Å². The molecule has 1 aliphatic rings. The molecule has 1 aromatic carbocycles. The van der Waals surface area contributed by atoms with Crippen LogP contribution in [-0.4, -0.2) is 0 Å². The summed E-state index contributed by atoms with van der Waals surface area (Å²) in [6, 6.07) is 10.6. The van der Waals surface area contributed by atoms with Crippen LogP contribution in [0.5, 0.6) is 0 Å². The van der Waals surface area contributed by atoms with E-state index in [0.29, 0.717) is 0 Å². The first kappa shape index (κ1) is 13.1. The van der Waals surface area contributed by atoms with Crippen molar-refractivity contribution in [3.63, 3.8) is 0 Å². The molecule has 0 radical (unpaired) electrons. The first-order chi connectivity index (χ1) is 8.88. The second-order valence-corrected chi connectivity index (χ2v) is 5.24. The van der Waals surface area contributed by atoms with Gasteiger partial charge in [-0.1, -0.05) is 80.3 Å². The van der Waals surface area contributed by atoms with Gasteiger partial charge < -0.3 is 0 Å². The third kappa shape index (κ3) is 4.18. The average molecular weight is 240 g/mol. The number of hydrogen-bond donors (Lipinski definition) is 0. The van der Waals surface area contributed by atoms with Crippen molar-refractivity contribution in [2.75, 3.05) is 0 Å². The molecular weight excluding hydrogens is 216 g/mol. The first-order valence-electron chi connectivity index (χ1n) is 7.32. The van der Waals surface area contributed by atoms with E-state index in [-0.39, 0.29) is 0 Å². The normalized spacial score (nSPS) is 18.4. The molecule has 0 nitrogen and oxygen atoms in total. The van der Waals surface area contributed by atoms with Crippen LogP contribution < -0.4 is 0 Å². The zero-order chi connectivity index (χ0) is 12.6. The minimum Gasteiger partial charge on any atom is -0.0782 e. The van der Waals surface area contributed by atoms with Gasteiger partial charge in [0.2, 0.25) is 0 Å². The van der Waals surface area contributed by atoms with Crippen molar-refractivity contribution in [3.05, 3.63) is 53.6 Å². The molecule has 1 aromatic rings. The highest BCUT2D eigenvalue weighted by atomic mass is 14.2. The highest BCUT2D eigenvalue weighted by molar-refractivity contribution is 5.52. The summed E-state index contributed by atoms with van der Waals surface area (Å²) >= 11 is 0. The van der Waals surface area contributed by atoms with E-state index in [1.807, 2.05) is 0 Å². The molecule has 0 amide bonds. The fourth-order valence-electron chi connectivity index (χ4n) is 2.66. The van der Waals surface area contributed by atoms with Crippen molar-refractivity contribution in [2.45, 2.75) is 45.4 Å². The standard InChI is InChI=1S/C18H24/c1-2-16(15-18-11-7-4-8-12-18)13-14-17-9-5-3-6-10-17/h3,5-6,9-10,13-15,18H,2,4,7-8,11-12H2,1H3/b14-13+,16-15+. The minimum atomic E-state index is 0.828. The molecule has 18 heavy (non-hydrogen) atoms. The number of allylic oxidation sites excluding steroid dienone is 3. The Labute approximate surface area is 111 Å². The van der Waals surface area contributed by atoms with Crippen molar-refractivity contribution >= 4 is 6.08 Å². The predicted molar refractivity (Wildman–Crippen MR) is 80.4 cm³/mol. The van der Waals surface area contributed by atoms with Crippen LogP contribution >= 0.6 is 0 Å². The van der Waals surface area contributed by atoms with Crippen LogP contribution in [0.25, 0.3) is 6.08 Å². The van der Waals surface area contributed by atoms with E-state index >= 15 is 0 Å². The molecule has 0 heterocycles. The van der Waals surface area contributed by atoms with Crippen LogP contribution in [0.2, 0.25) is 0 Å². The maximum Gasteiger partial charge on any atom is -0.0228 e. The van der Waals surface area contributed by atoms with Gasteiger partial charge >= 0.3 is 0 Å². The summed E-state index contributed by atoms with van der Waals surface area (Å²) in [5.41, 5.74) is 2.78. The van der Waals surface area contributed by atoms with Gasteiger partial charge in [-0.3, -0.25) is 0 Å².